The Morgan fingerprint density at radius 3 is 2.55 bits per heavy atom. The molecule has 0 saturated heterocycles. The summed E-state index contributed by atoms with van der Waals surface area (Å²) in [5, 5.41) is 10.2. The van der Waals surface area contributed by atoms with E-state index in [4.69, 9.17) is 11.6 Å². The second-order valence-corrected chi connectivity index (χ2v) is 8.73. The highest BCUT2D eigenvalue weighted by Gasteiger charge is 2.21. The first kappa shape index (κ1) is 21.7. The molecular weight excluding hydrogens is 428 g/mol. The van der Waals surface area contributed by atoms with Crippen molar-refractivity contribution in [2.45, 2.75) is 37.8 Å². The highest BCUT2D eigenvalue weighted by atomic mass is 35.5. The molecule has 0 unspecified atom stereocenters. The molecule has 4 rings (SSSR count). The minimum Gasteiger partial charge on any atom is -0.316 e. The number of thioether (sulfide) groups is 1. The van der Waals surface area contributed by atoms with Crippen molar-refractivity contribution in [2.24, 2.45) is 0 Å². The molecule has 0 radical (unpaired) electrons. The van der Waals surface area contributed by atoms with E-state index in [-0.39, 0.29) is 5.91 Å². The van der Waals surface area contributed by atoms with Gasteiger partial charge in [-0.3, -0.25) is 9.36 Å². The van der Waals surface area contributed by atoms with Crippen LogP contribution in [-0.4, -0.2) is 37.9 Å². The van der Waals surface area contributed by atoms with Crippen molar-refractivity contribution < 1.29 is 4.79 Å². The number of allylic oxidation sites excluding steroid dienone is 2. The summed E-state index contributed by atoms with van der Waals surface area (Å²) in [4.78, 5) is 14.9. The lowest BCUT2D eigenvalue weighted by atomic mass is 10.0. The van der Waals surface area contributed by atoms with Gasteiger partial charge < -0.3 is 4.90 Å². The van der Waals surface area contributed by atoms with Crippen molar-refractivity contribution in [3.05, 3.63) is 71.4 Å². The topological polar surface area (TPSA) is 51.0 Å². The Bertz CT molecular complexity index is 1060. The lowest BCUT2D eigenvalue weighted by Crippen LogP contribution is -2.32. The van der Waals surface area contributed by atoms with E-state index in [1.165, 1.54) is 18.2 Å². The maximum atomic E-state index is 13.0. The zero-order valence-corrected chi connectivity index (χ0v) is 19.1. The molecule has 1 aliphatic carbocycles. The Morgan fingerprint density at radius 1 is 1.10 bits per heavy atom. The van der Waals surface area contributed by atoms with Crippen LogP contribution >= 0.6 is 23.4 Å². The maximum absolute atomic E-state index is 13.0. The van der Waals surface area contributed by atoms with Crippen LogP contribution in [0.5, 0.6) is 0 Å². The number of hydrogen-bond acceptors (Lipinski definition) is 4. The van der Waals surface area contributed by atoms with Gasteiger partial charge in [0, 0.05) is 28.5 Å². The average molecular weight is 453 g/mol. The SMILES string of the molecule is CCN(C(=O)CSc1nnc(-c2ccccc2)n1-c1ccc(Cl)cc1)C1=CCCCC1. The van der Waals surface area contributed by atoms with Crippen LogP contribution in [0.4, 0.5) is 0 Å². The molecule has 160 valence electrons. The van der Waals surface area contributed by atoms with Crippen molar-refractivity contribution in [1.29, 1.82) is 0 Å². The molecule has 0 spiro atoms. The molecule has 1 heterocycles. The van der Waals surface area contributed by atoms with Gasteiger partial charge in [0.05, 0.1) is 5.75 Å². The molecule has 0 fully saturated rings. The summed E-state index contributed by atoms with van der Waals surface area (Å²) in [7, 11) is 0. The molecule has 1 amide bonds. The lowest BCUT2D eigenvalue weighted by Gasteiger charge is -2.26. The molecule has 0 saturated carbocycles. The van der Waals surface area contributed by atoms with Crippen LogP contribution in [0.25, 0.3) is 17.1 Å². The molecule has 5 nitrogen and oxygen atoms in total. The van der Waals surface area contributed by atoms with Crippen molar-refractivity contribution >= 4 is 29.3 Å². The van der Waals surface area contributed by atoms with Crippen LogP contribution in [0.15, 0.2) is 71.5 Å². The molecule has 0 atom stereocenters. The van der Waals surface area contributed by atoms with Gasteiger partial charge in [-0.25, -0.2) is 0 Å². The van der Waals surface area contributed by atoms with E-state index in [1.807, 2.05) is 71.0 Å². The predicted molar refractivity (Wildman–Crippen MR) is 126 cm³/mol. The quantitative estimate of drug-likeness (QED) is 0.413. The summed E-state index contributed by atoms with van der Waals surface area (Å²) < 4.78 is 1.99. The van der Waals surface area contributed by atoms with Crippen LogP contribution in [0.3, 0.4) is 0 Å². The summed E-state index contributed by atoms with van der Waals surface area (Å²) >= 11 is 7.51. The molecule has 1 aliphatic rings. The fraction of sp³-hybridized carbons (Fsp3) is 0.292. The molecule has 0 N–H and O–H groups in total. The van der Waals surface area contributed by atoms with E-state index >= 15 is 0 Å². The normalized spacial score (nSPS) is 13.7. The van der Waals surface area contributed by atoms with Gasteiger partial charge in [0.1, 0.15) is 0 Å². The number of carbonyl (C=O) groups is 1. The van der Waals surface area contributed by atoms with Crippen LogP contribution in [0.1, 0.15) is 32.6 Å². The van der Waals surface area contributed by atoms with Gasteiger partial charge in [-0.1, -0.05) is 59.8 Å². The molecule has 0 bridgehead atoms. The highest BCUT2D eigenvalue weighted by molar-refractivity contribution is 7.99. The lowest BCUT2D eigenvalue weighted by molar-refractivity contribution is -0.126. The third kappa shape index (κ3) is 5.02. The second kappa shape index (κ2) is 10.2. The number of aromatic nitrogens is 3. The maximum Gasteiger partial charge on any atom is 0.237 e. The van der Waals surface area contributed by atoms with Gasteiger partial charge in [0.15, 0.2) is 11.0 Å². The third-order valence-electron chi connectivity index (χ3n) is 5.31. The molecule has 7 heteroatoms. The molecule has 1 aromatic heterocycles. The Kier molecular flexibility index (Phi) is 7.10. The van der Waals surface area contributed by atoms with Crippen LogP contribution in [0.2, 0.25) is 5.02 Å². The van der Waals surface area contributed by atoms with E-state index in [0.29, 0.717) is 22.5 Å². The molecule has 0 aliphatic heterocycles. The van der Waals surface area contributed by atoms with Gasteiger partial charge in [-0.15, -0.1) is 10.2 Å². The predicted octanol–water partition coefficient (Wildman–Crippen LogP) is 5.99. The summed E-state index contributed by atoms with van der Waals surface area (Å²) in [6.45, 7) is 2.71. The van der Waals surface area contributed by atoms with Crippen LogP contribution in [-0.2, 0) is 4.79 Å². The Balaban J connectivity index is 1.61. The summed E-state index contributed by atoms with van der Waals surface area (Å²) in [5.74, 6) is 1.15. The van der Waals surface area contributed by atoms with Crippen LogP contribution in [0, 0.1) is 0 Å². The van der Waals surface area contributed by atoms with E-state index < -0.39 is 0 Å². The molecule has 3 aromatic rings. The third-order valence-corrected chi connectivity index (χ3v) is 6.47. The number of amides is 1. The fourth-order valence-corrected chi connectivity index (χ4v) is 4.72. The number of hydrogen-bond donors (Lipinski definition) is 0. The first-order valence-corrected chi connectivity index (χ1v) is 11.9. The first-order valence-electron chi connectivity index (χ1n) is 10.6. The number of nitrogens with zero attached hydrogens (tertiary/aromatic N) is 4. The Morgan fingerprint density at radius 2 is 1.87 bits per heavy atom. The minimum absolute atomic E-state index is 0.104. The number of carbonyl (C=O) groups excluding carboxylic acids is 1. The zero-order valence-electron chi connectivity index (χ0n) is 17.5. The van der Waals surface area contributed by atoms with Crippen molar-refractivity contribution in [3.8, 4) is 17.1 Å². The van der Waals surface area contributed by atoms with E-state index in [0.717, 1.165) is 42.0 Å². The summed E-state index contributed by atoms with van der Waals surface area (Å²) in [6.07, 6.45) is 6.59. The second-order valence-electron chi connectivity index (χ2n) is 7.35. The standard InChI is InChI=1S/C24H25ClN4OS/c1-2-28(20-11-7-4-8-12-20)22(30)17-31-24-27-26-23(18-9-5-3-6-10-18)29(24)21-15-13-19(25)14-16-21/h3,5-6,9-11,13-16H,2,4,7-8,12,17H2,1H3. The monoisotopic (exact) mass is 452 g/mol. The molecule has 31 heavy (non-hydrogen) atoms. The highest BCUT2D eigenvalue weighted by Crippen LogP contribution is 2.29. The first-order chi connectivity index (χ1) is 15.2. The fourth-order valence-electron chi connectivity index (χ4n) is 3.77. The van der Waals surface area contributed by atoms with Crippen molar-refractivity contribution in [3.63, 3.8) is 0 Å². The summed E-state index contributed by atoms with van der Waals surface area (Å²) in [5.41, 5.74) is 3.03. The summed E-state index contributed by atoms with van der Waals surface area (Å²) in [6, 6.07) is 17.5. The van der Waals surface area contributed by atoms with Gasteiger partial charge >= 0.3 is 0 Å². The minimum atomic E-state index is 0.104. The number of rotatable bonds is 7. The van der Waals surface area contributed by atoms with E-state index in [2.05, 4.69) is 16.3 Å². The number of halogens is 1. The van der Waals surface area contributed by atoms with E-state index in [9.17, 15) is 4.79 Å². The number of benzene rings is 2. The van der Waals surface area contributed by atoms with Crippen molar-refractivity contribution in [2.75, 3.05) is 12.3 Å². The van der Waals surface area contributed by atoms with Gasteiger partial charge in [-0.2, -0.15) is 0 Å². The van der Waals surface area contributed by atoms with Gasteiger partial charge in [-0.05, 0) is 56.9 Å². The van der Waals surface area contributed by atoms with Gasteiger partial charge in [0.25, 0.3) is 0 Å². The average Bonchev–Trinajstić information content (AvgIpc) is 3.24. The van der Waals surface area contributed by atoms with Crippen molar-refractivity contribution in [1.82, 2.24) is 19.7 Å². The zero-order chi connectivity index (χ0) is 21.6. The Hall–Kier alpha value is -2.57. The van der Waals surface area contributed by atoms with Gasteiger partial charge in [0.2, 0.25) is 5.91 Å². The van der Waals surface area contributed by atoms with E-state index in [1.54, 1.807) is 0 Å². The smallest absolute Gasteiger partial charge is 0.237 e. The molecular formula is C24H25ClN4OS. The largest absolute Gasteiger partial charge is 0.316 e. The van der Waals surface area contributed by atoms with Crippen LogP contribution < -0.4 is 0 Å². The molecule has 2 aromatic carbocycles. The Labute approximate surface area is 192 Å².